The van der Waals surface area contributed by atoms with Crippen molar-refractivity contribution in [2.45, 2.75) is 6.42 Å². The van der Waals surface area contributed by atoms with Crippen LogP contribution in [-0.2, 0) is 46.2 Å². The molecule has 2 aromatic rings. The van der Waals surface area contributed by atoms with Gasteiger partial charge in [-0.05, 0) is 12.6 Å². The summed E-state index contributed by atoms with van der Waals surface area (Å²) in [5.41, 5.74) is 3.70. The molecule has 0 saturated heterocycles. The van der Waals surface area contributed by atoms with Crippen molar-refractivity contribution < 1.29 is 32.7 Å². The SMILES string of the molecule is Cn1c[c-]c2cnc3c(c21)C=CC3.[Y]. The zero-order chi connectivity index (χ0) is 8.84. The van der Waals surface area contributed by atoms with E-state index in [-0.39, 0.29) is 32.7 Å². The van der Waals surface area contributed by atoms with E-state index in [4.69, 9.17) is 0 Å². The first-order chi connectivity index (χ1) is 6.36. The van der Waals surface area contributed by atoms with E-state index < -0.39 is 0 Å². The van der Waals surface area contributed by atoms with Crippen molar-refractivity contribution >= 4 is 17.0 Å². The summed E-state index contributed by atoms with van der Waals surface area (Å²) in [5, 5.41) is 1.10. The molecule has 1 radical (unpaired) electrons. The molecule has 0 spiro atoms. The first-order valence-corrected chi connectivity index (χ1v) is 4.37. The van der Waals surface area contributed by atoms with Gasteiger partial charge < -0.3 is 9.55 Å². The van der Waals surface area contributed by atoms with Crippen LogP contribution in [0.4, 0.5) is 0 Å². The van der Waals surface area contributed by atoms with Crippen LogP contribution in [0.5, 0.6) is 0 Å². The molecule has 0 fully saturated rings. The van der Waals surface area contributed by atoms with Crippen LogP contribution < -0.4 is 0 Å². The van der Waals surface area contributed by atoms with E-state index in [0.717, 1.165) is 11.8 Å². The molecule has 0 bridgehead atoms. The van der Waals surface area contributed by atoms with E-state index in [2.05, 4.69) is 27.8 Å². The van der Waals surface area contributed by atoms with Crippen LogP contribution in [0, 0.1) is 6.07 Å². The first kappa shape index (κ1) is 10.1. The number of rotatable bonds is 0. The van der Waals surface area contributed by atoms with Gasteiger partial charge in [0.25, 0.3) is 0 Å². The zero-order valence-electron chi connectivity index (χ0n) is 7.99. The molecule has 2 aromatic heterocycles. The van der Waals surface area contributed by atoms with Crippen molar-refractivity contribution in [3.05, 3.63) is 35.8 Å². The molecule has 0 atom stereocenters. The number of fused-ring (bicyclic) bond motifs is 3. The second-order valence-electron chi connectivity index (χ2n) is 3.37. The van der Waals surface area contributed by atoms with Crippen molar-refractivity contribution in [2.75, 3.05) is 0 Å². The Morgan fingerprint density at radius 1 is 1.50 bits per heavy atom. The van der Waals surface area contributed by atoms with E-state index in [1.165, 1.54) is 16.8 Å². The minimum absolute atomic E-state index is 0. The number of aromatic nitrogens is 2. The van der Waals surface area contributed by atoms with Gasteiger partial charge in [0.05, 0.1) is 0 Å². The van der Waals surface area contributed by atoms with Crippen molar-refractivity contribution in [3.8, 4) is 0 Å². The summed E-state index contributed by atoms with van der Waals surface area (Å²) in [6.45, 7) is 0. The molecular formula is C11H9N2Y-. The molecule has 0 aromatic carbocycles. The van der Waals surface area contributed by atoms with Gasteiger partial charge in [0.1, 0.15) is 0 Å². The average Bonchev–Trinajstić information content (AvgIpc) is 2.70. The molecule has 0 N–H and O–H groups in total. The molecule has 67 valence electrons. The Hall–Kier alpha value is -0.466. The predicted molar refractivity (Wildman–Crippen MR) is 52.3 cm³/mol. The minimum Gasteiger partial charge on any atom is -0.413 e. The Labute approximate surface area is 108 Å². The van der Waals surface area contributed by atoms with Gasteiger partial charge in [-0.15, -0.1) is 5.39 Å². The molecule has 3 rings (SSSR count). The molecule has 0 aliphatic heterocycles. The molecule has 14 heavy (non-hydrogen) atoms. The number of hydrogen-bond donors (Lipinski definition) is 0. The largest absolute Gasteiger partial charge is 0.413 e. The number of pyridine rings is 1. The molecule has 2 heterocycles. The Balaban J connectivity index is 0.000000750. The second kappa shape index (κ2) is 3.60. The normalized spacial score (nSPS) is 12.9. The summed E-state index contributed by atoms with van der Waals surface area (Å²) in [7, 11) is 2.05. The van der Waals surface area contributed by atoms with Gasteiger partial charge >= 0.3 is 0 Å². The van der Waals surface area contributed by atoms with Crippen molar-refractivity contribution in [1.82, 2.24) is 9.55 Å². The zero-order valence-corrected chi connectivity index (χ0v) is 10.8. The van der Waals surface area contributed by atoms with E-state index >= 15 is 0 Å². The van der Waals surface area contributed by atoms with Gasteiger partial charge in [-0.3, -0.25) is 0 Å². The third-order valence-corrected chi connectivity index (χ3v) is 2.53. The summed E-state index contributed by atoms with van der Waals surface area (Å²) in [6, 6.07) is 3.18. The van der Waals surface area contributed by atoms with E-state index in [9.17, 15) is 0 Å². The Morgan fingerprint density at radius 2 is 2.36 bits per heavy atom. The fraction of sp³-hybridized carbons (Fsp3) is 0.182. The molecule has 1 aliphatic rings. The van der Waals surface area contributed by atoms with Crippen molar-refractivity contribution in [2.24, 2.45) is 7.05 Å². The van der Waals surface area contributed by atoms with Crippen molar-refractivity contribution in [1.29, 1.82) is 0 Å². The van der Waals surface area contributed by atoms with Crippen LogP contribution in [0.3, 0.4) is 0 Å². The number of aryl methyl sites for hydroxylation is 1. The van der Waals surface area contributed by atoms with Gasteiger partial charge in [-0.1, -0.05) is 30.1 Å². The first-order valence-electron chi connectivity index (χ1n) is 4.37. The van der Waals surface area contributed by atoms with Crippen LogP contribution in [0.25, 0.3) is 17.0 Å². The maximum absolute atomic E-state index is 4.39. The third-order valence-electron chi connectivity index (χ3n) is 2.53. The molecule has 1 aliphatic carbocycles. The summed E-state index contributed by atoms with van der Waals surface area (Å²) >= 11 is 0. The summed E-state index contributed by atoms with van der Waals surface area (Å²) in [5.74, 6) is 0. The fourth-order valence-corrected chi connectivity index (χ4v) is 1.90. The third kappa shape index (κ3) is 1.29. The molecule has 0 amide bonds. The van der Waals surface area contributed by atoms with Crippen molar-refractivity contribution in [3.63, 3.8) is 0 Å². The number of hydrogen-bond acceptors (Lipinski definition) is 1. The number of nitrogens with zero attached hydrogens (tertiary/aromatic N) is 2. The van der Waals surface area contributed by atoms with Gasteiger partial charge in [0, 0.05) is 44.8 Å². The topological polar surface area (TPSA) is 17.8 Å². The molecule has 0 saturated carbocycles. The quantitative estimate of drug-likeness (QED) is 0.660. The molecule has 0 unspecified atom stereocenters. The summed E-state index contributed by atoms with van der Waals surface area (Å²) < 4.78 is 2.10. The van der Waals surface area contributed by atoms with Crippen LogP contribution in [0.15, 0.2) is 18.5 Å². The minimum atomic E-state index is 0. The Kier molecular flexibility index (Phi) is 2.59. The van der Waals surface area contributed by atoms with E-state index in [1.54, 1.807) is 0 Å². The standard InChI is InChI=1S/C11H9N2.Y/c1-13-6-5-8-7-12-10-4-2-3-9(10)11(8)13;/h2-3,6-7H,4H2,1H3;/q-1;. The Morgan fingerprint density at radius 3 is 3.21 bits per heavy atom. The predicted octanol–water partition coefficient (Wildman–Crippen LogP) is 1.94. The van der Waals surface area contributed by atoms with Crippen LogP contribution in [0.1, 0.15) is 11.3 Å². The van der Waals surface area contributed by atoms with Gasteiger partial charge in [-0.2, -0.15) is 6.07 Å². The van der Waals surface area contributed by atoms with Gasteiger partial charge in [0.2, 0.25) is 0 Å². The average molecular weight is 258 g/mol. The maximum atomic E-state index is 4.39. The van der Waals surface area contributed by atoms with E-state index in [1.807, 2.05) is 19.4 Å². The monoisotopic (exact) mass is 258 g/mol. The van der Waals surface area contributed by atoms with Gasteiger partial charge in [-0.25, -0.2) is 0 Å². The number of allylic oxidation sites excluding steroid dienone is 1. The molecule has 2 nitrogen and oxygen atoms in total. The van der Waals surface area contributed by atoms with Crippen LogP contribution in [0.2, 0.25) is 0 Å². The fourth-order valence-electron chi connectivity index (χ4n) is 1.90. The second-order valence-corrected chi connectivity index (χ2v) is 3.37. The van der Waals surface area contributed by atoms with E-state index in [0.29, 0.717) is 0 Å². The smallest absolute Gasteiger partial charge is 0.0262 e. The van der Waals surface area contributed by atoms with Gasteiger partial charge in [0.15, 0.2) is 0 Å². The van der Waals surface area contributed by atoms with Crippen LogP contribution >= 0.6 is 0 Å². The van der Waals surface area contributed by atoms with Crippen LogP contribution in [-0.4, -0.2) is 9.55 Å². The maximum Gasteiger partial charge on any atom is 0.0262 e. The molecular weight excluding hydrogens is 249 g/mol. The molecule has 3 heteroatoms. The summed E-state index contributed by atoms with van der Waals surface area (Å²) in [4.78, 5) is 4.39. The Bertz CT molecular complexity index is 511. The summed E-state index contributed by atoms with van der Waals surface area (Å²) in [6.07, 6.45) is 9.14.